The molecule has 0 amide bonds. The van der Waals surface area contributed by atoms with Crippen molar-refractivity contribution in [2.24, 2.45) is 5.10 Å². The summed E-state index contributed by atoms with van der Waals surface area (Å²) in [4.78, 5) is 0.194. The van der Waals surface area contributed by atoms with Crippen molar-refractivity contribution >= 4 is 67.8 Å². The lowest BCUT2D eigenvalue weighted by Crippen LogP contribution is -2.29. The van der Waals surface area contributed by atoms with Gasteiger partial charge < -0.3 is 0 Å². The van der Waals surface area contributed by atoms with Crippen LogP contribution >= 0.6 is 46.4 Å². The largest absolute Gasteiger partial charge is 0.256 e. The zero-order valence-corrected chi connectivity index (χ0v) is 22.2. The summed E-state index contributed by atoms with van der Waals surface area (Å²) in [5.74, 6) is 0. The Labute approximate surface area is 219 Å². The number of anilines is 1. The highest BCUT2D eigenvalue weighted by Gasteiger charge is 2.31. The van der Waals surface area contributed by atoms with Crippen LogP contribution in [0.5, 0.6) is 0 Å². The van der Waals surface area contributed by atoms with Gasteiger partial charge in [0.05, 0.1) is 33.9 Å². The summed E-state index contributed by atoms with van der Waals surface area (Å²) >= 11 is 24.7. The number of hydrazone groups is 1. The van der Waals surface area contributed by atoms with Crippen LogP contribution in [0.15, 0.2) is 64.6 Å². The van der Waals surface area contributed by atoms with Crippen LogP contribution in [-0.2, 0) is 10.0 Å². The van der Waals surface area contributed by atoms with E-state index in [1.807, 2.05) is 24.3 Å². The lowest BCUT2D eigenvalue weighted by molar-refractivity contribution is 0.585. The molecule has 1 heterocycles. The van der Waals surface area contributed by atoms with E-state index in [0.29, 0.717) is 49.0 Å². The number of rotatable bonds is 6. The molecule has 0 spiro atoms. The van der Waals surface area contributed by atoms with Gasteiger partial charge >= 0.3 is 0 Å². The van der Waals surface area contributed by atoms with Crippen molar-refractivity contribution in [1.82, 2.24) is 4.72 Å². The van der Waals surface area contributed by atoms with Gasteiger partial charge in [0.1, 0.15) is 0 Å². The van der Waals surface area contributed by atoms with Crippen LogP contribution in [0.1, 0.15) is 29.2 Å². The highest BCUT2D eigenvalue weighted by atomic mass is 35.5. The molecule has 0 saturated carbocycles. The zero-order chi connectivity index (χ0) is 24.6. The van der Waals surface area contributed by atoms with Crippen molar-refractivity contribution in [3.8, 4) is 0 Å². The molecule has 10 heteroatoms. The molecule has 1 unspecified atom stereocenters. The Morgan fingerprint density at radius 3 is 2.26 bits per heavy atom. The second-order valence-corrected chi connectivity index (χ2v) is 11.5. The van der Waals surface area contributed by atoms with Gasteiger partial charge in [0.2, 0.25) is 10.0 Å². The maximum absolute atomic E-state index is 13.0. The Morgan fingerprint density at radius 1 is 0.912 bits per heavy atom. The SMILES string of the molecule is Cc1cc(S(=O)(=O)NCC2=NN(c3ccc(Cl)cc3Cl)C(c3ccc(Cl)cc3)C2)c(C)cc1Cl. The van der Waals surface area contributed by atoms with Gasteiger partial charge in [-0.1, -0.05) is 58.5 Å². The van der Waals surface area contributed by atoms with E-state index in [4.69, 9.17) is 51.5 Å². The zero-order valence-electron chi connectivity index (χ0n) is 18.3. The van der Waals surface area contributed by atoms with Gasteiger partial charge in [-0.05, 0) is 73.0 Å². The van der Waals surface area contributed by atoms with E-state index >= 15 is 0 Å². The first-order valence-electron chi connectivity index (χ1n) is 10.4. The summed E-state index contributed by atoms with van der Waals surface area (Å²) in [6.07, 6.45) is 0.502. The number of hydrogen-bond donors (Lipinski definition) is 1. The second-order valence-electron chi connectivity index (χ2n) is 8.07. The summed E-state index contributed by atoms with van der Waals surface area (Å²) in [5, 5.41) is 8.63. The highest BCUT2D eigenvalue weighted by molar-refractivity contribution is 7.89. The molecular formula is C24H21Cl4N3O2S. The molecule has 1 aliphatic heterocycles. The van der Waals surface area contributed by atoms with Gasteiger partial charge in [0.25, 0.3) is 0 Å². The number of benzene rings is 3. The van der Waals surface area contributed by atoms with Crippen LogP contribution in [-0.4, -0.2) is 20.7 Å². The average Bonchev–Trinajstić information content (AvgIpc) is 3.19. The van der Waals surface area contributed by atoms with E-state index < -0.39 is 10.0 Å². The van der Waals surface area contributed by atoms with Crippen LogP contribution in [0.4, 0.5) is 5.69 Å². The van der Waals surface area contributed by atoms with Gasteiger partial charge in [-0.25, -0.2) is 13.1 Å². The summed E-state index contributed by atoms with van der Waals surface area (Å²) in [5.41, 5.74) is 3.58. The van der Waals surface area contributed by atoms with Gasteiger partial charge in [-0.15, -0.1) is 0 Å². The number of nitrogens with zero attached hydrogens (tertiary/aromatic N) is 2. The molecule has 0 saturated heterocycles. The molecule has 0 radical (unpaired) electrons. The summed E-state index contributed by atoms with van der Waals surface area (Å²) < 4.78 is 28.7. The van der Waals surface area contributed by atoms with Crippen LogP contribution in [0, 0.1) is 13.8 Å². The van der Waals surface area contributed by atoms with Gasteiger partial charge in [0, 0.05) is 21.5 Å². The van der Waals surface area contributed by atoms with Crippen molar-refractivity contribution in [2.45, 2.75) is 31.2 Å². The van der Waals surface area contributed by atoms with Gasteiger partial charge in [-0.2, -0.15) is 5.10 Å². The quantitative estimate of drug-likeness (QED) is 0.349. The molecule has 0 aromatic heterocycles. The van der Waals surface area contributed by atoms with Crippen molar-refractivity contribution in [1.29, 1.82) is 0 Å². The fourth-order valence-electron chi connectivity index (χ4n) is 3.81. The third-order valence-electron chi connectivity index (χ3n) is 5.60. The van der Waals surface area contributed by atoms with Crippen molar-refractivity contribution in [3.63, 3.8) is 0 Å². The van der Waals surface area contributed by atoms with E-state index in [-0.39, 0.29) is 17.5 Å². The molecule has 3 aromatic carbocycles. The monoisotopic (exact) mass is 555 g/mol. The van der Waals surface area contributed by atoms with Crippen molar-refractivity contribution in [2.75, 3.05) is 11.6 Å². The molecule has 5 nitrogen and oxygen atoms in total. The van der Waals surface area contributed by atoms with E-state index in [9.17, 15) is 8.42 Å². The molecule has 1 N–H and O–H groups in total. The molecule has 0 fully saturated rings. The first-order valence-corrected chi connectivity index (χ1v) is 13.4. The minimum Gasteiger partial charge on any atom is -0.256 e. The molecule has 1 aliphatic rings. The molecule has 0 bridgehead atoms. The summed E-state index contributed by atoms with van der Waals surface area (Å²) in [6, 6.07) is 15.7. The van der Waals surface area contributed by atoms with E-state index in [0.717, 1.165) is 5.56 Å². The Hall–Kier alpha value is -1.80. The Kier molecular flexibility index (Phi) is 7.48. The van der Waals surface area contributed by atoms with Crippen LogP contribution < -0.4 is 9.73 Å². The van der Waals surface area contributed by atoms with Crippen LogP contribution in [0.25, 0.3) is 0 Å². The van der Waals surface area contributed by atoms with Crippen LogP contribution in [0.2, 0.25) is 20.1 Å². The molecule has 0 aliphatic carbocycles. The number of sulfonamides is 1. The standard InChI is InChI=1S/C24H21Cl4N3O2S/c1-14-10-24(15(2)9-20(14)27)34(32,33)29-13-19-12-23(16-3-5-17(25)6-4-16)31(30-19)22-8-7-18(26)11-21(22)28/h3-11,23,29H,12-13H2,1-2H3. The Balaban J connectivity index is 1.63. The van der Waals surface area contributed by atoms with Gasteiger partial charge in [0.15, 0.2) is 0 Å². The number of aryl methyl sites for hydroxylation is 2. The molecule has 4 rings (SSSR count). The number of nitrogens with one attached hydrogen (secondary N) is 1. The normalized spacial score (nSPS) is 16.1. The Morgan fingerprint density at radius 2 is 1.59 bits per heavy atom. The fraction of sp³-hybridized carbons (Fsp3) is 0.208. The first kappa shape index (κ1) is 25.3. The lowest BCUT2D eigenvalue weighted by atomic mass is 10.0. The topological polar surface area (TPSA) is 61.8 Å². The smallest absolute Gasteiger partial charge is 0.241 e. The number of hydrogen-bond acceptors (Lipinski definition) is 4. The van der Waals surface area contributed by atoms with Gasteiger partial charge in [-0.3, -0.25) is 5.01 Å². The predicted octanol–water partition coefficient (Wildman–Crippen LogP) is 7.20. The van der Waals surface area contributed by atoms with Crippen molar-refractivity contribution < 1.29 is 8.42 Å². The summed E-state index contributed by atoms with van der Waals surface area (Å²) in [6.45, 7) is 3.54. The maximum Gasteiger partial charge on any atom is 0.241 e. The first-order chi connectivity index (χ1) is 16.0. The summed E-state index contributed by atoms with van der Waals surface area (Å²) in [7, 11) is -3.77. The highest BCUT2D eigenvalue weighted by Crippen LogP contribution is 2.39. The van der Waals surface area contributed by atoms with E-state index in [2.05, 4.69) is 4.72 Å². The predicted molar refractivity (Wildman–Crippen MR) is 141 cm³/mol. The second kappa shape index (κ2) is 10.1. The Bertz CT molecular complexity index is 1380. The third kappa shape index (κ3) is 5.38. The molecule has 178 valence electrons. The molecule has 3 aromatic rings. The maximum atomic E-state index is 13.0. The fourth-order valence-corrected chi connectivity index (χ4v) is 5.98. The van der Waals surface area contributed by atoms with E-state index in [1.165, 1.54) is 0 Å². The number of halogens is 4. The van der Waals surface area contributed by atoms with Crippen molar-refractivity contribution in [3.05, 3.63) is 91.4 Å². The minimum atomic E-state index is -3.77. The molecular weight excluding hydrogens is 536 g/mol. The molecule has 34 heavy (non-hydrogen) atoms. The van der Waals surface area contributed by atoms with Crippen LogP contribution in [0.3, 0.4) is 0 Å². The molecule has 1 atom stereocenters. The van der Waals surface area contributed by atoms with E-state index in [1.54, 1.807) is 49.2 Å². The average molecular weight is 557 g/mol. The third-order valence-corrected chi connectivity index (χ3v) is 8.34. The minimum absolute atomic E-state index is 0.0508. The lowest BCUT2D eigenvalue weighted by Gasteiger charge is -2.25.